The molecule has 1 aromatic carbocycles. The lowest BCUT2D eigenvalue weighted by atomic mass is 10.0. The van der Waals surface area contributed by atoms with Crippen molar-refractivity contribution in [1.29, 1.82) is 0 Å². The van der Waals surface area contributed by atoms with Crippen LogP contribution < -0.4 is 11.1 Å². The lowest BCUT2D eigenvalue weighted by Gasteiger charge is -2.24. The maximum absolute atomic E-state index is 12.1. The average Bonchev–Trinajstić information content (AvgIpc) is 2.73. The molecule has 5 heteroatoms. The van der Waals surface area contributed by atoms with E-state index in [1.165, 1.54) is 0 Å². The monoisotopic (exact) mass is 277 g/mol. The van der Waals surface area contributed by atoms with Gasteiger partial charge in [0.05, 0.1) is 24.5 Å². The van der Waals surface area contributed by atoms with E-state index in [9.17, 15) is 9.90 Å². The highest BCUT2D eigenvalue weighted by atomic mass is 16.3. The van der Waals surface area contributed by atoms with Crippen molar-refractivity contribution in [1.82, 2.24) is 4.90 Å². The summed E-state index contributed by atoms with van der Waals surface area (Å²) < 4.78 is 0. The predicted octanol–water partition coefficient (Wildman–Crippen LogP) is 1.22. The minimum Gasteiger partial charge on any atom is -0.397 e. The third kappa shape index (κ3) is 3.29. The van der Waals surface area contributed by atoms with Crippen molar-refractivity contribution in [3.8, 4) is 0 Å². The summed E-state index contributed by atoms with van der Waals surface area (Å²) >= 11 is 0. The number of aryl methyl sites for hydroxylation is 1. The maximum atomic E-state index is 12.1. The molecule has 1 amide bonds. The molecule has 0 aromatic heterocycles. The van der Waals surface area contributed by atoms with Crippen LogP contribution in [0.4, 0.5) is 11.4 Å². The molecule has 0 spiro atoms. The number of nitrogens with two attached hydrogens (primary N) is 1. The zero-order valence-corrected chi connectivity index (χ0v) is 12.1. The summed E-state index contributed by atoms with van der Waals surface area (Å²) in [7, 11) is 0. The second-order valence-electron chi connectivity index (χ2n) is 5.63. The van der Waals surface area contributed by atoms with Gasteiger partial charge in [0.25, 0.3) is 0 Å². The number of likely N-dealkylation sites (tertiary alicyclic amines) is 1. The highest BCUT2D eigenvalue weighted by Crippen LogP contribution is 2.24. The van der Waals surface area contributed by atoms with Gasteiger partial charge >= 0.3 is 0 Å². The molecule has 0 bridgehead atoms. The molecule has 5 nitrogen and oxygen atoms in total. The maximum Gasteiger partial charge on any atom is 0.238 e. The SMILES string of the molecule is Cc1ccc(NC(=O)CN2CCC(C)C2CO)c(N)c1. The Balaban J connectivity index is 1.95. The molecule has 1 aromatic rings. The number of rotatable bonds is 4. The number of nitrogens with zero attached hydrogens (tertiary/aromatic N) is 1. The molecule has 2 atom stereocenters. The van der Waals surface area contributed by atoms with E-state index < -0.39 is 0 Å². The number of nitrogens with one attached hydrogen (secondary N) is 1. The number of carbonyl (C=O) groups is 1. The Bertz CT molecular complexity index is 490. The fraction of sp³-hybridized carbons (Fsp3) is 0.533. The molecule has 1 fully saturated rings. The summed E-state index contributed by atoms with van der Waals surface area (Å²) in [6.07, 6.45) is 1.02. The number of aliphatic hydroxyl groups excluding tert-OH is 1. The van der Waals surface area contributed by atoms with Crippen LogP contribution in [0.1, 0.15) is 18.9 Å². The highest BCUT2D eigenvalue weighted by Gasteiger charge is 2.31. The van der Waals surface area contributed by atoms with Gasteiger partial charge in [-0.25, -0.2) is 0 Å². The smallest absolute Gasteiger partial charge is 0.238 e. The second-order valence-corrected chi connectivity index (χ2v) is 5.63. The summed E-state index contributed by atoms with van der Waals surface area (Å²) in [6, 6.07) is 5.65. The van der Waals surface area contributed by atoms with Crippen molar-refractivity contribution in [3.05, 3.63) is 23.8 Å². The fourth-order valence-electron chi connectivity index (χ4n) is 2.75. The van der Waals surface area contributed by atoms with Crippen LogP contribution in [0.25, 0.3) is 0 Å². The first-order chi connectivity index (χ1) is 9.51. The molecule has 1 aliphatic heterocycles. The van der Waals surface area contributed by atoms with E-state index in [0.29, 0.717) is 23.8 Å². The van der Waals surface area contributed by atoms with Crippen molar-refractivity contribution < 1.29 is 9.90 Å². The Morgan fingerprint density at radius 3 is 2.95 bits per heavy atom. The van der Waals surface area contributed by atoms with Gasteiger partial charge in [0, 0.05) is 6.04 Å². The first-order valence-corrected chi connectivity index (χ1v) is 7.02. The minimum absolute atomic E-state index is 0.0797. The minimum atomic E-state index is -0.0897. The standard InChI is InChI=1S/C15H23N3O2/c1-10-3-4-13(12(16)7-10)17-15(20)8-18-6-5-11(2)14(18)9-19/h3-4,7,11,14,19H,5-6,8-9,16H2,1-2H3,(H,17,20). The van der Waals surface area contributed by atoms with Crippen molar-refractivity contribution in [3.63, 3.8) is 0 Å². The van der Waals surface area contributed by atoms with Crippen LogP contribution in [0.5, 0.6) is 0 Å². The van der Waals surface area contributed by atoms with Crippen LogP contribution in [0.3, 0.4) is 0 Å². The number of carbonyl (C=O) groups excluding carboxylic acids is 1. The number of hydrogen-bond acceptors (Lipinski definition) is 4. The first-order valence-electron chi connectivity index (χ1n) is 7.02. The highest BCUT2D eigenvalue weighted by molar-refractivity contribution is 5.95. The zero-order valence-electron chi connectivity index (χ0n) is 12.1. The van der Waals surface area contributed by atoms with Crippen LogP contribution in [0, 0.1) is 12.8 Å². The number of aliphatic hydroxyl groups is 1. The summed E-state index contributed by atoms with van der Waals surface area (Å²) in [5.74, 6) is 0.338. The number of anilines is 2. The van der Waals surface area contributed by atoms with Gasteiger partial charge in [-0.05, 0) is 43.5 Å². The quantitative estimate of drug-likeness (QED) is 0.723. The Labute approximate surface area is 119 Å². The summed E-state index contributed by atoms with van der Waals surface area (Å²) in [4.78, 5) is 14.1. The van der Waals surface area contributed by atoms with E-state index in [1.54, 1.807) is 0 Å². The molecule has 2 rings (SSSR count). The Kier molecular flexibility index (Phi) is 4.62. The molecule has 0 aliphatic carbocycles. The lowest BCUT2D eigenvalue weighted by molar-refractivity contribution is -0.117. The van der Waals surface area contributed by atoms with E-state index in [2.05, 4.69) is 12.2 Å². The third-order valence-corrected chi connectivity index (χ3v) is 4.01. The van der Waals surface area contributed by atoms with Gasteiger partial charge < -0.3 is 16.2 Å². The van der Waals surface area contributed by atoms with Crippen LogP contribution >= 0.6 is 0 Å². The van der Waals surface area contributed by atoms with Crippen molar-refractivity contribution in [2.24, 2.45) is 5.92 Å². The van der Waals surface area contributed by atoms with Gasteiger partial charge in [-0.15, -0.1) is 0 Å². The first kappa shape index (κ1) is 14.8. The Morgan fingerprint density at radius 1 is 1.55 bits per heavy atom. The topological polar surface area (TPSA) is 78.6 Å². The fourth-order valence-corrected chi connectivity index (χ4v) is 2.75. The Morgan fingerprint density at radius 2 is 2.30 bits per heavy atom. The number of amides is 1. The summed E-state index contributed by atoms with van der Waals surface area (Å²) in [6.45, 7) is 5.31. The molecular formula is C15H23N3O2. The van der Waals surface area contributed by atoms with Crippen LogP contribution in [0.2, 0.25) is 0 Å². The largest absolute Gasteiger partial charge is 0.397 e. The number of nitrogen functional groups attached to an aromatic ring is 1. The van der Waals surface area contributed by atoms with E-state index >= 15 is 0 Å². The molecule has 20 heavy (non-hydrogen) atoms. The van der Waals surface area contributed by atoms with Crippen LogP contribution in [-0.2, 0) is 4.79 Å². The van der Waals surface area contributed by atoms with Gasteiger partial charge in [0.1, 0.15) is 0 Å². The number of hydrogen-bond donors (Lipinski definition) is 3. The van der Waals surface area contributed by atoms with Gasteiger partial charge in [-0.2, -0.15) is 0 Å². The zero-order chi connectivity index (χ0) is 14.7. The van der Waals surface area contributed by atoms with Crippen molar-refractivity contribution >= 4 is 17.3 Å². The average molecular weight is 277 g/mol. The van der Waals surface area contributed by atoms with E-state index in [4.69, 9.17) is 5.73 Å². The molecule has 0 radical (unpaired) electrons. The van der Waals surface area contributed by atoms with Crippen molar-refractivity contribution in [2.45, 2.75) is 26.3 Å². The molecule has 1 aliphatic rings. The normalized spacial score (nSPS) is 22.9. The molecule has 1 heterocycles. The molecule has 4 N–H and O–H groups in total. The molecule has 1 saturated heterocycles. The molecule has 110 valence electrons. The number of benzene rings is 1. The van der Waals surface area contributed by atoms with Gasteiger partial charge in [0.2, 0.25) is 5.91 Å². The molecule has 2 unspecified atom stereocenters. The van der Waals surface area contributed by atoms with E-state index in [0.717, 1.165) is 18.5 Å². The third-order valence-electron chi connectivity index (χ3n) is 4.01. The summed E-state index contributed by atoms with van der Waals surface area (Å²) in [5.41, 5.74) is 8.17. The summed E-state index contributed by atoms with van der Waals surface area (Å²) in [5, 5.41) is 12.2. The van der Waals surface area contributed by atoms with E-state index in [1.807, 2.05) is 30.0 Å². The van der Waals surface area contributed by atoms with E-state index in [-0.39, 0.29) is 18.6 Å². The second kappa shape index (κ2) is 6.24. The molecular weight excluding hydrogens is 254 g/mol. The van der Waals surface area contributed by atoms with Crippen molar-refractivity contribution in [2.75, 3.05) is 30.7 Å². The van der Waals surface area contributed by atoms with Gasteiger partial charge in [-0.1, -0.05) is 13.0 Å². The lowest BCUT2D eigenvalue weighted by Crippen LogP contribution is -2.40. The van der Waals surface area contributed by atoms with Gasteiger partial charge in [0.15, 0.2) is 0 Å². The van der Waals surface area contributed by atoms with Crippen LogP contribution in [0.15, 0.2) is 18.2 Å². The molecule has 0 saturated carbocycles. The van der Waals surface area contributed by atoms with Crippen LogP contribution in [-0.4, -0.2) is 41.7 Å². The Hall–Kier alpha value is -1.59. The predicted molar refractivity (Wildman–Crippen MR) is 80.4 cm³/mol. The van der Waals surface area contributed by atoms with Gasteiger partial charge in [-0.3, -0.25) is 9.69 Å².